The standard InChI is InChI=1S/C14H18BrNO2S/c1-18-14(17)10-6-13(11(15)7-12(10)16)19-8-9-4-2-3-5-9/h6-7,9H,2-5,8,16H2,1H3. The van der Waals surface area contributed by atoms with Gasteiger partial charge >= 0.3 is 5.97 Å². The van der Waals surface area contributed by atoms with E-state index in [1.165, 1.54) is 32.8 Å². The second-order valence-electron chi connectivity index (χ2n) is 4.82. The van der Waals surface area contributed by atoms with Gasteiger partial charge in [0.05, 0.1) is 12.7 Å². The van der Waals surface area contributed by atoms with Gasteiger partial charge in [0.15, 0.2) is 0 Å². The number of benzene rings is 1. The Bertz CT molecular complexity index is 473. The Morgan fingerprint density at radius 1 is 1.47 bits per heavy atom. The molecule has 0 heterocycles. The first-order valence-corrected chi connectivity index (χ1v) is 8.19. The molecule has 1 aliphatic carbocycles. The highest BCUT2D eigenvalue weighted by Gasteiger charge is 2.18. The molecule has 0 bridgehead atoms. The predicted octanol–water partition coefficient (Wildman–Crippen LogP) is 4.10. The molecule has 104 valence electrons. The van der Waals surface area contributed by atoms with Crippen LogP contribution in [0.4, 0.5) is 5.69 Å². The summed E-state index contributed by atoms with van der Waals surface area (Å²) in [5.74, 6) is 1.52. The second-order valence-corrected chi connectivity index (χ2v) is 6.74. The van der Waals surface area contributed by atoms with Gasteiger partial charge in [-0.3, -0.25) is 0 Å². The molecule has 1 saturated carbocycles. The SMILES string of the molecule is COC(=O)c1cc(SCC2CCCC2)c(Br)cc1N. The third kappa shape index (κ3) is 3.66. The van der Waals surface area contributed by atoms with Gasteiger partial charge in [-0.15, -0.1) is 11.8 Å². The lowest BCUT2D eigenvalue weighted by Crippen LogP contribution is -2.06. The first kappa shape index (κ1) is 14.7. The van der Waals surface area contributed by atoms with E-state index in [-0.39, 0.29) is 5.97 Å². The number of carbonyl (C=O) groups is 1. The number of halogens is 1. The van der Waals surface area contributed by atoms with Crippen LogP contribution in [0.15, 0.2) is 21.5 Å². The van der Waals surface area contributed by atoms with E-state index in [4.69, 9.17) is 10.5 Å². The number of nitrogen functional groups attached to an aromatic ring is 1. The number of nitrogens with two attached hydrogens (primary N) is 1. The Morgan fingerprint density at radius 3 is 2.79 bits per heavy atom. The van der Waals surface area contributed by atoms with E-state index < -0.39 is 0 Å². The van der Waals surface area contributed by atoms with Crippen LogP contribution in [-0.4, -0.2) is 18.8 Å². The van der Waals surface area contributed by atoms with Gasteiger partial charge in [-0.1, -0.05) is 12.8 Å². The molecule has 0 atom stereocenters. The Labute approximate surface area is 126 Å². The zero-order chi connectivity index (χ0) is 13.8. The van der Waals surface area contributed by atoms with E-state index in [1.807, 2.05) is 6.07 Å². The third-order valence-corrected chi connectivity index (χ3v) is 5.66. The fourth-order valence-electron chi connectivity index (χ4n) is 2.35. The minimum absolute atomic E-state index is 0.382. The van der Waals surface area contributed by atoms with Crippen molar-refractivity contribution in [1.29, 1.82) is 0 Å². The van der Waals surface area contributed by atoms with Crippen molar-refractivity contribution in [2.24, 2.45) is 5.92 Å². The lowest BCUT2D eigenvalue weighted by atomic mass is 10.1. The largest absolute Gasteiger partial charge is 0.465 e. The molecule has 5 heteroatoms. The summed E-state index contributed by atoms with van der Waals surface area (Å²) in [6, 6.07) is 3.61. The fraction of sp³-hybridized carbons (Fsp3) is 0.500. The molecule has 3 nitrogen and oxygen atoms in total. The summed E-state index contributed by atoms with van der Waals surface area (Å²) < 4.78 is 5.69. The van der Waals surface area contributed by atoms with E-state index in [9.17, 15) is 4.79 Å². The van der Waals surface area contributed by atoms with Crippen LogP contribution in [0.3, 0.4) is 0 Å². The molecule has 1 fully saturated rings. The average Bonchev–Trinajstić information content (AvgIpc) is 2.90. The molecule has 0 unspecified atom stereocenters. The highest BCUT2D eigenvalue weighted by atomic mass is 79.9. The van der Waals surface area contributed by atoms with Crippen molar-refractivity contribution in [3.8, 4) is 0 Å². The highest BCUT2D eigenvalue weighted by Crippen LogP contribution is 2.36. The van der Waals surface area contributed by atoms with Crippen LogP contribution in [-0.2, 0) is 4.74 Å². The molecule has 1 aliphatic rings. The zero-order valence-corrected chi connectivity index (χ0v) is 13.4. The maximum absolute atomic E-state index is 11.6. The van der Waals surface area contributed by atoms with Crippen LogP contribution in [0.25, 0.3) is 0 Å². The van der Waals surface area contributed by atoms with Crippen molar-refractivity contribution in [3.63, 3.8) is 0 Å². The lowest BCUT2D eigenvalue weighted by molar-refractivity contribution is 0.0601. The number of anilines is 1. The van der Waals surface area contributed by atoms with E-state index in [0.29, 0.717) is 11.3 Å². The van der Waals surface area contributed by atoms with Crippen LogP contribution in [0.2, 0.25) is 0 Å². The van der Waals surface area contributed by atoms with Crippen LogP contribution < -0.4 is 5.73 Å². The molecule has 19 heavy (non-hydrogen) atoms. The number of ether oxygens (including phenoxy) is 1. The minimum Gasteiger partial charge on any atom is -0.465 e. The van der Waals surface area contributed by atoms with Gasteiger partial charge in [0.25, 0.3) is 0 Å². The zero-order valence-electron chi connectivity index (χ0n) is 10.9. The van der Waals surface area contributed by atoms with Crippen molar-refractivity contribution < 1.29 is 9.53 Å². The van der Waals surface area contributed by atoms with Gasteiger partial charge in [0.2, 0.25) is 0 Å². The lowest BCUT2D eigenvalue weighted by Gasteiger charge is -2.12. The molecule has 0 aliphatic heterocycles. The van der Waals surface area contributed by atoms with Crippen LogP contribution >= 0.6 is 27.7 Å². The Hall–Kier alpha value is -0.680. The number of methoxy groups -OCH3 is 1. The summed E-state index contributed by atoms with van der Waals surface area (Å²) in [5.41, 5.74) is 6.74. The van der Waals surface area contributed by atoms with Crippen molar-refractivity contribution in [2.45, 2.75) is 30.6 Å². The van der Waals surface area contributed by atoms with E-state index in [2.05, 4.69) is 15.9 Å². The normalized spacial score (nSPS) is 15.7. The third-order valence-electron chi connectivity index (χ3n) is 3.46. The first-order chi connectivity index (χ1) is 9.11. The Kier molecular flexibility index (Phi) is 5.16. The highest BCUT2D eigenvalue weighted by molar-refractivity contribution is 9.10. The summed E-state index contributed by atoms with van der Waals surface area (Å²) in [4.78, 5) is 12.7. The van der Waals surface area contributed by atoms with Crippen molar-refractivity contribution in [1.82, 2.24) is 0 Å². The molecule has 0 radical (unpaired) electrons. The summed E-state index contributed by atoms with van der Waals surface area (Å²) in [7, 11) is 1.37. The van der Waals surface area contributed by atoms with Gasteiger partial charge in [-0.2, -0.15) is 0 Å². The Morgan fingerprint density at radius 2 is 2.16 bits per heavy atom. The smallest absolute Gasteiger partial charge is 0.339 e. The summed E-state index contributed by atoms with van der Waals surface area (Å²) in [6.45, 7) is 0. The second kappa shape index (κ2) is 6.66. The molecule has 0 amide bonds. The molecule has 1 aromatic carbocycles. The molecule has 0 spiro atoms. The molecule has 0 aromatic heterocycles. The van der Waals surface area contributed by atoms with Crippen molar-refractivity contribution in [3.05, 3.63) is 22.2 Å². The average molecular weight is 344 g/mol. The van der Waals surface area contributed by atoms with Gasteiger partial charge in [-0.05, 0) is 46.8 Å². The Balaban J connectivity index is 2.12. The molecular formula is C14H18BrNO2S. The molecule has 2 rings (SSSR count). The monoisotopic (exact) mass is 343 g/mol. The summed E-state index contributed by atoms with van der Waals surface area (Å²) >= 11 is 5.29. The van der Waals surface area contributed by atoms with Gasteiger partial charge in [-0.25, -0.2) is 4.79 Å². The first-order valence-electron chi connectivity index (χ1n) is 6.42. The fourth-order valence-corrected chi connectivity index (χ4v) is 4.20. The summed E-state index contributed by atoms with van der Waals surface area (Å²) in [5, 5.41) is 0. The maximum Gasteiger partial charge on any atom is 0.339 e. The van der Waals surface area contributed by atoms with E-state index in [1.54, 1.807) is 17.8 Å². The molecule has 1 aromatic rings. The van der Waals surface area contributed by atoms with Gasteiger partial charge in [0, 0.05) is 20.8 Å². The quantitative estimate of drug-likeness (QED) is 0.508. The predicted molar refractivity (Wildman–Crippen MR) is 82.6 cm³/mol. The summed E-state index contributed by atoms with van der Waals surface area (Å²) in [6.07, 6.45) is 5.34. The topological polar surface area (TPSA) is 52.3 Å². The molecule has 2 N–H and O–H groups in total. The van der Waals surface area contributed by atoms with Crippen LogP contribution in [0, 0.1) is 5.92 Å². The van der Waals surface area contributed by atoms with Gasteiger partial charge in [0.1, 0.15) is 0 Å². The number of carbonyl (C=O) groups excluding carboxylic acids is 1. The number of esters is 1. The molecular weight excluding hydrogens is 326 g/mol. The number of hydrogen-bond acceptors (Lipinski definition) is 4. The molecule has 0 saturated heterocycles. The minimum atomic E-state index is -0.382. The van der Waals surface area contributed by atoms with E-state index in [0.717, 1.165) is 21.0 Å². The van der Waals surface area contributed by atoms with Crippen LogP contribution in [0.5, 0.6) is 0 Å². The van der Waals surface area contributed by atoms with Gasteiger partial charge < -0.3 is 10.5 Å². The maximum atomic E-state index is 11.6. The van der Waals surface area contributed by atoms with Crippen LogP contribution in [0.1, 0.15) is 36.0 Å². The number of rotatable bonds is 4. The number of thioether (sulfide) groups is 1. The van der Waals surface area contributed by atoms with E-state index >= 15 is 0 Å². The number of hydrogen-bond donors (Lipinski definition) is 1. The van der Waals surface area contributed by atoms with Crippen molar-refractivity contribution >= 4 is 39.3 Å². The van der Waals surface area contributed by atoms with Crippen molar-refractivity contribution in [2.75, 3.05) is 18.6 Å².